The van der Waals surface area contributed by atoms with Crippen LogP contribution in [0.2, 0.25) is 0 Å². The number of likely N-dealkylation sites (tertiary alicyclic amines) is 1. The Balaban J connectivity index is 1.43. The molecule has 2 aliphatic heterocycles. The third-order valence-corrected chi connectivity index (χ3v) is 6.55. The number of aromatic nitrogens is 1. The van der Waals surface area contributed by atoms with E-state index in [1.807, 2.05) is 26.2 Å². The van der Waals surface area contributed by atoms with Crippen molar-refractivity contribution in [2.45, 2.75) is 32.4 Å². The van der Waals surface area contributed by atoms with Gasteiger partial charge >= 0.3 is 0 Å². The smallest absolute Gasteiger partial charge is 0.252 e. The van der Waals surface area contributed by atoms with E-state index in [1.165, 1.54) is 43.3 Å². The summed E-state index contributed by atoms with van der Waals surface area (Å²) < 4.78 is 6.00. The van der Waals surface area contributed by atoms with Crippen LogP contribution < -0.4 is 10.1 Å². The number of benzene rings is 2. The Morgan fingerprint density at radius 3 is 2.72 bits per heavy atom. The minimum absolute atomic E-state index is 0.0301. The van der Waals surface area contributed by atoms with E-state index in [0.29, 0.717) is 13.2 Å². The second kappa shape index (κ2) is 8.96. The highest BCUT2D eigenvalue weighted by Gasteiger charge is 2.27. The van der Waals surface area contributed by atoms with Gasteiger partial charge in [0, 0.05) is 47.4 Å². The van der Waals surface area contributed by atoms with Crippen molar-refractivity contribution in [3.8, 4) is 17.0 Å². The summed E-state index contributed by atoms with van der Waals surface area (Å²) in [5, 5.41) is 4.16. The predicted octanol–water partition coefficient (Wildman–Crippen LogP) is 4.00. The first-order valence-corrected chi connectivity index (χ1v) is 11.6. The first-order valence-electron chi connectivity index (χ1n) is 11.6. The molecule has 3 aromatic rings. The molecule has 1 aromatic heterocycles. The molecule has 32 heavy (non-hydrogen) atoms. The molecule has 0 bridgehead atoms. The number of rotatable bonds is 7. The van der Waals surface area contributed by atoms with Crippen LogP contribution in [0.5, 0.6) is 5.75 Å². The van der Waals surface area contributed by atoms with Gasteiger partial charge in [0.05, 0.1) is 5.56 Å². The fraction of sp³-hybridized carbons (Fsp3) is 0.423. The summed E-state index contributed by atoms with van der Waals surface area (Å²) in [5.41, 5.74) is 6.04. The van der Waals surface area contributed by atoms with Crippen molar-refractivity contribution in [1.82, 2.24) is 20.1 Å². The number of amides is 1. The molecule has 1 saturated heterocycles. The normalized spacial score (nSPS) is 16.5. The maximum Gasteiger partial charge on any atom is 0.252 e. The molecule has 0 aliphatic carbocycles. The largest absolute Gasteiger partial charge is 0.492 e. The summed E-state index contributed by atoms with van der Waals surface area (Å²) in [4.78, 5) is 20.9. The highest BCUT2D eigenvalue weighted by molar-refractivity contribution is 6.05. The number of H-pyrrole nitrogens is 1. The maximum absolute atomic E-state index is 12.7. The molecule has 3 heterocycles. The average Bonchev–Trinajstić information content (AvgIpc) is 3.38. The number of fused-ring (bicyclic) bond motifs is 2. The quantitative estimate of drug-likeness (QED) is 0.592. The fourth-order valence-electron chi connectivity index (χ4n) is 4.82. The van der Waals surface area contributed by atoms with Crippen molar-refractivity contribution >= 4 is 16.8 Å². The summed E-state index contributed by atoms with van der Waals surface area (Å²) in [6, 6.07) is 12.8. The van der Waals surface area contributed by atoms with Crippen LogP contribution in [-0.4, -0.2) is 61.0 Å². The monoisotopic (exact) mass is 432 g/mol. The van der Waals surface area contributed by atoms with Gasteiger partial charge in [-0.05, 0) is 75.9 Å². The van der Waals surface area contributed by atoms with Gasteiger partial charge in [-0.1, -0.05) is 12.5 Å². The summed E-state index contributed by atoms with van der Waals surface area (Å²) >= 11 is 0. The number of aromatic amines is 1. The molecule has 168 valence electrons. The van der Waals surface area contributed by atoms with Gasteiger partial charge in [-0.2, -0.15) is 0 Å². The van der Waals surface area contributed by atoms with Gasteiger partial charge in [-0.15, -0.1) is 0 Å². The van der Waals surface area contributed by atoms with E-state index in [9.17, 15) is 4.79 Å². The number of carbonyl (C=O) groups is 1. The highest BCUT2D eigenvalue weighted by atomic mass is 16.5. The van der Waals surface area contributed by atoms with Crippen LogP contribution in [0.15, 0.2) is 36.4 Å². The van der Waals surface area contributed by atoms with E-state index in [-0.39, 0.29) is 5.91 Å². The van der Waals surface area contributed by atoms with Crippen LogP contribution in [-0.2, 0) is 13.1 Å². The highest BCUT2D eigenvalue weighted by Crippen LogP contribution is 2.36. The molecule has 2 aliphatic rings. The van der Waals surface area contributed by atoms with E-state index in [4.69, 9.17) is 4.74 Å². The lowest BCUT2D eigenvalue weighted by atomic mass is 9.99. The molecule has 2 aromatic carbocycles. The lowest BCUT2D eigenvalue weighted by molar-refractivity contribution is 0.0966. The number of nitrogens with one attached hydrogen (secondary N) is 2. The van der Waals surface area contributed by atoms with Crippen LogP contribution in [0, 0.1) is 0 Å². The van der Waals surface area contributed by atoms with E-state index in [1.54, 1.807) is 0 Å². The Hall–Kier alpha value is -2.83. The third-order valence-electron chi connectivity index (χ3n) is 6.55. The van der Waals surface area contributed by atoms with Crippen LogP contribution in [0.3, 0.4) is 0 Å². The lowest BCUT2D eigenvalue weighted by Crippen LogP contribution is -2.28. The first-order chi connectivity index (χ1) is 15.6. The van der Waals surface area contributed by atoms with Crippen LogP contribution in [0.4, 0.5) is 0 Å². The number of hydrogen-bond donors (Lipinski definition) is 2. The van der Waals surface area contributed by atoms with Crippen molar-refractivity contribution in [2.75, 3.05) is 40.3 Å². The fourth-order valence-corrected chi connectivity index (χ4v) is 4.82. The lowest BCUT2D eigenvalue weighted by Gasteiger charge is -2.26. The second-order valence-electron chi connectivity index (χ2n) is 9.24. The van der Waals surface area contributed by atoms with Crippen molar-refractivity contribution in [1.29, 1.82) is 0 Å². The summed E-state index contributed by atoms with van der Waals surface area (Å²) in [6.45, 7) is 5.34. The molecule has 0 unspecified atom stereocenters. The van der Waals surface area contributed by atoms with Crippen LogP contribution in [0.1, 0.15) is 40.7 Å². The first kappa shape index (κ1) is 21.0. The molecular weight excluding hydrogens is 400 g/mol. The third kappa shape index (κ3) is 4.25. The van der Waals surface area contributed by atoms with Crippen LogP contribution in [0.25, 0.3) is 22.2 Å². The van der Waals surface area contributed by atoms with Gasteiger partial charge < -0.3 is 19.9 Å². The van der Waals surface area contributed by atoms with Crippen molar-refractivity contribution in [2.24, 2.45) is 0 Å². The number of likely N-dealkylation sites (N-methyl/N-ethyl adjacent to an activating group) is 1. The van der Waals surface area contributed by atoms with Crippen molar-refractivity contribution in [3.05, 3.63) is 53.1 Å². The molecule has 0 radical (unpaired) electrons. The zero-order valence-electron chi connectivity index (χ0n) is 19.0. The Morgan fingerprint density at radius 2 is 1.91 bits per heavy atom. The molecule has 6 heteroatoms. The van der Waals surface area contributed by atoms with Gasteiger partial charge in [-0.3, -0.25) is 9.69 Å². The van der Waals surface area contributed by atoms with E-state index >= 15 is 0 Å². The zero-order chi connectivity index (χ0) is 22.1. The molecule has 0 atom stereocenters. The van der Waals surface area contributed by atoms with Gasteiger partial charge in [-0.25, -0.2) is 0 Å². The van der Waals surface area contributed by atoms with Gasteiger partial charge in [0.1, 0.15) is 12.4 Å². The Kier molecular flexibility index (Phi) is 5.89. The number of ether oxygens (including phenoxy) is 1. The molecule has 2 N–H and O–H groups in total. The van der Waals surface area contributed by atoms with Crippen LogP contribution >= 0.6 is 0 Å². The summed E-state index contributed by atoms with van der Waals surface area (Å²) in [5.74, 6) is 0.765. The standard InChI is InChI=1S/C26H32N4O2/c1-29(2)12-13-32-24-9-7-20(25-21(24)16-27-26(25)31)23-15-19-14-18(6-8-22(19)28-23)17-30-10-4-3-5-11-30/h6-9,14-15,28H,3-5,10-13,16-17H2,1-2H3,(H,27,31). The molecular formula is C26H32N4O2. The van der Waals surface area contributed by atoms with E-state index < -0.39 is 0 Å². The number of carbonyl (C=O) groups excluding carboxylic acids is 1. The maximum atomic E-state index is 12.7. The zero-order valence-corrected chi connectivity index (χ0v) is 19.0. The van der Waals surface area contributed by atoms with Gasteiger partial charge in [0.25, 0.3) is 5.91 Å². The number of piperidine rings is 1. The molecule has 0 saturated carbocycles. The Bertz CT molecular complexity index is 1130. The minimum atomic E-state index is -0.0301. The molecule has 1 amide bonds. The molecule has 6 nitrogen and oxygen atoms in total. The van der Waals surface area contributed by atoms with Gasteiger partial charge in [0.15, 0.2) is 0 Å². The molecule has 0 spiro atoms. The Labute approximate surface area is 189 Å². The van der Waals surface area contributed by atoms with E-state index in [2.05, 4.69) is 44.4 Å². The predicted molar refractivity (Wildman–Crippen MR) is 128 cm³/mol. The minimum Gasteiger partial charge on any atom is -0.492 e. The van der Waals surface area contributed by atoms with E-state index in [0.717, 1.165) is 46.7 Å². The topological polar surface area (TPSA) is 60.6 Å². The SMILES string of the molecule is CN(C)CCOc1ccc(-c2cc3cc(CN4CCCCC4)ccc3[nH]2)c2c1CNC2=O. The summed E-state index contributed by atoms with van der Waals surface area (Å²) in [7, 11) is 4.05. The van der Waals surface area contributed by atoms with Crippen molar-refractivity contribution in [3.63, 3.8) is 0 Å². The van der Waals surface area contributed by atoms with Crippen molar-refractivity contribution < 1.29 is 9.53 Å². The molecule has 1 fully saturated rings. The Morgan fingerprint density at radius 1 is 1.06 bits per heavy atom. The average molecular weight is 433 g/mol. The second-order valence-corrected chi connectivity index (χ2v) is 9.24. The van der Waals surface area contributed by atoms with Gasteiger partial charge in [0.2, 0.25) is 0 Å². The summed E-state index contributed by atoms with van der Waals surface area (Å²) in [6.07, 6.45) is 3.96. The molecule has 5 rings (SSSR count). The number of nitrogens with zero attached hydrogens (tertiary/aromatic N) is 2. The number of hydrogen-bond acceptors (Lipinski definition) is 4.